The van der Waals surface area contributed by atoms with Crippen LogP contribution in [-0.4, -0.2) is 38.5 Å². The molecule has 0 N–H and O–H groups in total. The Balaban J connectivity index is 2.29. The molecule has 1 fully saturated rings. The Morgan fingerprint density at radius 2 is 1.75 bits per heavy atom. The molecule has 1 saturated heterocycles. The number of carbonyl (C=O) groups is 1. The van der Waals surface area contributed by atoms with Gasteiger partial charge in [0, 0.05) is 5.46 Å². The van der Waals surface area contributed by atoms with Crippen molar-refractivity contribution >= 4 is 18.6 Å². The number of hydrogen-bond acceptors (Lipinski definition) is 5. The summed E-state index contributed by atoms with van der Waals surface area (Å²) in [6, 6.07) is 5.83. The Morgan fingerprint density at radius 3 is 2.25 bits per heavy atom. The summed E-state index contributed by atoms with van der Waals surface area (Å²) in [6.45, 7) is 9.92. The predicted molar refractivity (Wildman–Crippen MR) is 93.6 cm³/mol. The molecule has 1 heterocycles. The van der Waals surface area contributed by atoms with Gasteiger partial charge in [-0.3, -0.25) is 4.79 Å². The standard InChI is InChI=1S/C18H27BO5/c1-12(16(20)22-7)10-13-8-9-15(21-6)14(11-13)19-23-17(2,3)18(4,5)24-19/h8-9,11-12H,10H2,1-7H3/t12-/m0/s1. The Bertz CT molecular complexity index is 595. The lowest BCUT2D eigenvalue weighted by Crippen LogP contribution is -2.41. The third kappa shape index (κ3) is 3.60. The predicted octanol–water partition coefficient (Wildman–Crippen LogP) is 2.35. The fourth-order valence-electron chi connectivity index (χ4n) is 2.70. The van der Waals surface area contributed by atoms with E-state index < -0.39 is 18.3 Å². The van der Waals surface area contributed by atoms with E-state index in [1.807, 2.05) is 52.8 Å². The molecule has 0 aliphatic carbocycles. The third-order valence-electron chi connectivity index (χ3n) is 4.95. The molecule has 24 heavy (non-hydrogen) atoms. The van der Waals surface area contributed by atoms with E-state index in [1.54, 1.807) is 7.11 Å². The van der Waals surface area contributed by atoms with Gasteiger partial charge in [-0.1, -0.05) is 19.1 Å². The van der Waals surface area contributed by atoms with Gasteiger partial charge < -0.3 is 18.8 Å². The zero-order valence-corrected chi connectivity index (χ0v) is 15.6. The van der Waals surface area contributed by atoms with Crippen molar-refractivity contribution < 1.29 is 23.6 Å². The van der Waals surface area contributed by atoms with E-state index in [1.165, 1.54) is 7.11 Å². The van der Waals surface area contributed by atoms with Gasteiger partial charge in [-0.05, 0) is 45.7 Å². The molecule has 1 aromatic rings. The van der Waals surface area contributed by atoms with Crippen LogP contribution in [0.25, 0.3) is 0 Å². The molecule has 2 rings (SSSR count). The van der Waals surface area contributed by atoms with Gasteiger partial charge in [0.2, 0.25) is 0 Å². The second-order valence-corrected chi connectivity index (χ2v) is 7.29. The summed E-state index contributed by atoms with van der Waals surface area (Å²) >= 11 is 0. The zero-order valence-electron chi connectivity index (χ0n) is 15.6. The molecule has 0 bridgehead atoms. The molecule has 1 aliphatic rings. The zero-order chi connectivity index (χ0) is 18.1. The maximum absolute atomic E-state index is 11.7. The van der Waals surface area contributed by atoms with Crippen LogP contribution in [0.2, 0.25) is 0 Å². The maximum Gasteiger partial charge on any atom is 0.498 e. The highest BCUT2D eigenvalue weighted by Gasteiger charge is 2.52. The number of esters is 1. The summed E-state index contributed by atoms with van der Waals surface area (Å²) in [5, 5.41) is 0. The molecule has 0 radical (unpaired) electrons. The van der Waals surface area contributed by atoms with Gasteiger partial charge in [0.15, 0.2) is 0 Å². The van der Waals surface area contributed by atoms with E-state index in [-0.39, 0.29) is 11.9 Å². The Morgan fingerprint density at radius 1 is 1.17 bits per heavy atom. The molecule has 1 atom stereocenters. The average molecular weight is 334 g/mol. The van der Waals surface area contributed by atoms with Crippen molar-refractivity contribution in [1.29, 1.82) is 0 Å². The Labute approximate surface area is 144 Å². The molecule has 5 nitrogen and oxygen atoms in total. The first-order valence-corrected chi connectivity index (χ1v) is 8.21. The van der Waals surface area contributed by atoms with Crippen LogP contribution in [-0.2, 0) is 25.3 Å². The lowest BCUT2D eigenvalue weighted by atomic mass is 9.77. The smallest absolute Gasteiger partial charge is 0.497 e. The first kappa shape index (κ1) is 18.8. The molecule has 0 saturated carbocycles. The number of benzene rings is 1. The first-order valence-electron chi connectivity index (χ1n) is 8.21. The van der Waals surface area contributed by atoms with Gasteiger partial charge in [-0.2, -0.15) is 0 Å². The normalized spacial score (nSPS) is 19.9. The summed E-state index contributed by atoms with van der Waals surface area (Å²) in [7, 11) is 2.53. The molecule has 1 aliphatic heterocycles. The average Bonchev–Trinajstić information content (AvgIpc) is 2.74. The second-order valence-electron chi connectivity index (χ2n) is 7.29. The van der Waals surface area contributed by atoms with Crippen molar-refractivity contribution in [2.24, 2.45) is 5.92 Å². The minimum Gasteiger partial charge on any atom is -0.497 e. The molecular formula is C18H27BO5. The van der Waals surface area contributed by atoms with E-state index >= 15 is 0 Å². The van der Waals surface area contributed by atoms with Crippen molar-refractivity contribution in [3.63, 3.8) is 0 Å². The van der Waals surface area contributed by atoms with Crippen molar-refractivity contribution in [3.05, 3.63) is 23.8 Å². The minimum absolute atomic E-state index is 0.213. The minimum atomic E-state index is -0.502. The van der Waals surface area contributed by atoms with Gasteiger partial charge in [-0.25, -0.2) is 0 Å². The van der Waals surface area contributed by atoms with Crippen LogP contribution in [0.15, 0.2) is 18.2 Å². The van der Waals surface area contributed by atoms with Crippen molar-refractivity contribution in [1.82, 2.24) is 0 Å². The quantitative estimate of drug-likeness (QED) is 0.611. The van der Waals surface area contributed by atoms with E-state index in [9.17, 15) is 4.79 Å². The first-order chi connectivity index (χ1) is 11.1. The molecular weight excluding hydrogens is 307 g/mol. The number of rotatable bonds is 5. The van der Waals surface area contributed by atoms with Gasteiger partial charge in [0.05, 0.1) is 31.3 Å². The van der Waals surface area contributed by atoms with E-state index in [4.69, 9.17) is 18.8 Å². The summed E-state index contributed by atoms with van der Waals surface area (Å²) in [5.41, 5.74) is 1.01. The molecule has 0 unspecified atom stereocenters. The molecule has 6 heteroatoms. The highest BCUT2D eigenvalue weighted by Crippen LogP contribution is 2.37. The summed E-state index contributed by atoms with van der Waals surface area (Å²) in [4.78, 5) is 11.7. The Hall–Kier alpha value is -1.53. The number of methoxy groups -OCH3 is 2. The topological polar surface area (TPSA) is 54.0 Å². The fraction of sp³-hybridized carbons (Fsp3) is 0.611. The summed E-state index contributed by atoms with van der Waals surface area (Å²) < 4.78 is 22.5. The third-order valence-corrected chi connectivity index (χ3v) is 4.95. The van der Waals surface area contributed by atoms with Crippen molar-refractivity contribution in [3.8, 4) is 5.75 Å². The van der Waals surface area contributed by atoms with Crippen molar-refractivity contribution in [2.75, 3.05) is 14.2 Å². The maximum atomic E-state index is 11.7. The van der Waals surface area contributed by atoms with E-state index in [0.29, 0.717) is 12.2 Å². The number of carbonyl (C=O) groups excluding carboxylic acids is 1. The van der Waals surface area contributed by atoms with Gasteiger partial charge in [0.1, 0.15) is 5.75 Å². The second kappa shape index (κ2) is 6.77. The van der Waals surface area contributed by atoms with E-state index in [2.05, 4.69) is 0 Å². The monoisotopic (exact) mass is 334 g/mol. The van der Waals surface area contributed by atoms with Gasteiger partial charge in [0.25, 0.3) is 0 Å². The van der Waals surface area contributed by atoms with Gasteiger partial charge >= 0.3 is 13.1 Å². The Kier molecular flexibility index (Phi) is 5.30. The molecule has 0 amide bonds. The van der Waals surface area contributed by atoms with Crippen LogP contribution in [0.3, 0.4) is 0 Å². The molecule has 132 valence electrons. The summed E-state index contributed by atoms with van der Waals surface area (Å²) in [5.74, 6) is 0.278. The molecule has 0 aromatic heterocycles. The molecule has 0 spiro atoms. The van der Waals surface area contributed by atoms with E-state index in [0.717, 1.165) is 11.0 Å². The lowest BCUT2D eigenvalue weighted by molar-refractivity contribution is -0.144. The highest BCUT2D eigenvalue weighted by molar-refractivity contribution is 6.63. The van der Waals surface area contributed by atoms with Crippen molar-refractivity contribution in [2.45, 2.75) is 52.2 Å². The SMILES string of the molecule is COC(=O)[C@@H](C)Cc1ccc(OC)c(B2OC(C)(C)C(C)(C)O2)c1. The number of ether oxygens (including phenoxy) is 2. The van der Waals surface area contributed by atoms with Crippen LogP contribution in [0.4, 0.5) is 0 Å². The number of hydrogen-bond donors (Lipinski definition) is 0. The summed E-state index contributed by atoms with van der Waals surface area (Å²) in [6.07, 6.45) is 0.586. The van der Waals surface area contributed by atoms with Crippen LogP contribution >= 0.6 is 0 Å². The van der Waals surface area contributed by atoms with Gasteiger partial charge in [-0.15, -0.1) is 0 Å². The highest BCUT2D eigenvalue weighted by atomic mass is 16.7. The fourth-order valence-corrected chi connectivity index (χ4v) is 2.70. The van der Waals surface area contributed by atoms with Crippen LogP contribution < -0.4 is 10.2 Å². The van der Waals surface area contributed by atoms with Crippen LogP contribution in [0, 0.1) is 5.92 Å². The van der Waals surface area contributed by atoms with Crippen LogP contribution in [0.1, 0.15) is 40.2 Å². The molecule has 1 aromatic carbocycles. The lowest BCUT2D eigenvalue weighted by Gasteiger charge is -2.32. The van der Waals surface area contributed by atoms with Crippen LogP contribution in [0.5, 0.6) is 5.75 Å². The largest absolute Gasteiger partial charge is 0.498 e.